The average Bonchev–Trinajstić information content (AvgIpc) is 2.99. The van der Waals surface area contributed by atoms with Gasteiger partial charge in [-0.25, -0.2) is 4.57 Å². The molecule has 0 aromatic carbocycles. The normalized spacial score (nSPS) is 41.4. The molecule has 4 aliphatic rings. The second-order valence-corrected chi connectivity index (χ2v) is 16.6. The molecule has 0 bridgehead atoms. The Bertz CT molecular complexity index is 957. The Labute approximate surface area is 219 Å². The largest absolute Gasteiger partial charge is 0.469 e. The molecule has 6 heteroatoms. The standard InChI is InChI=1S/C30H51O5P/c1-26(2,3)13-9-14-27(4,5)25-12-17-29(7)22-19-24(31)23-18-20(35-36(32,33)34)10-15-28(23,6)21(22)11-16-30(25,29)8/h19-21,23,25H,9-18H2,1-8H3,(H2,32,33,34)/t20-,21?,23-,25+,28+,29-,30+/m0/s1. The lowest BCUT2D eigenvalue weighted by Gasteiger charge is -2.61. The zero-order valence-corrected chi connectivity index (χ0v) is 24.9. The molecule has 0 aromatic heterocycles. The van der Waals surface area contributed by atoms with Crippen LogP contribution in [0.25, 0.3) is 0 Å². The minimum Gasteiger partial charge on any atom is -0.303 e. The number of carbonyl (C=O) groups is 1. The van der Waals surface area contributed by atoms with Gasteiger partial charge in [-0.15, -0.1) is 0 Å². The van der Waals surface area contributed by atoms with Crippen LogP contribution in [0.15, 0.2) is 11.6 Å². The zero-order valence-electron chi connectivity index (χ0n) is 24.0. The summed E-state index contributed by atoms with van der Waals surface area (Å²) in [6.07, 6.45) is 11.7. The number of hydrogen-bond donors (Lipinski definition) is 2. The molecule has 206 valence electrons. The Balaban J connectivity index is 1.59. The van der Waals surface area contributed by atoms with Crippen LogP contribution in [-0.2, 0) is 13.9 Å². The van der Waals surface area contributed by atoms with Crippen LogP contribution in [0.4, 0.5) is 0 Å². The Morgan fingerprint density at radius 1 is 0.972 bits per heavy atom. The molecule has 1 unspecified atom stereocenters. The van der Waals surface area contributed by atoms with Gasteiger partial charge in [-0.2, -0.15) is 0 Å². The Morgan fingerprint density at radius 2 is 1.64 bits per heavy atom. The van der Waals surface area contributed by atoms with Crippen molar-refractivity contribution in [2.24, 2.45) is 44.8 Å². The number of ketones is 1. The third-order valence-electron chi connectivity index (χ3n) is 11.6. The number of phosphoric ester groups is 1. The highest BCUT2D eigenvalue weighted by atomic mass is 31.2. The summed E-state index contributed by atoms with van der Waals surface area (Å²) in [5, 5.41) is 0. The fraction of sp³-hybridized carbons (Fsp3) is 0.900. The number of rotatable bonds is 6. The number of phosphoric acid groups is 1. The van der Waals surface area contributed by atoms with Crippen LogP contribution in [0.3, 0.4) is 0 Å². The first-order chi connectivity index (χ1) is 16.3. The van der Waals surface area contributed by atoms with Crippen molar-refractivity contribution in [3.63, 3.8) is 0 Å². The van der Waals surface area contributed by atoms with Crippen molar-refractivity contribution in [3.8, 4) is 0 Å². The SMILES string of the molecule is CC(C)(C)CCCC(C)(C)[C@H]1CC[C@@]2(C)C3=CC(=O)[C@@H]4C[C@@H](OP(=O)(O)O)CC[C@]4(C)C3CC[C@]12C. The first-order valence-corrected chi connectivity index (χ1v) is 15.9. The average molecular weight is 523 g/mol. The summed E-state index contributed by atoms with van der Waals surface area (Å²) in [6, 6.07) is 0. The first-order valence-electron chi connectivity index (χ1n) is 14.3. The molecule has 3 saturated carbocycles. The van der Waals surface area contributed by atoms with Gasteiger partial charge in [0.2, 0.25) is 0 Å². The van der Waals surface area contributed by atoms with E-state index in [0.29, 0.717) is 30.1 Å². The number of fused-ring (bicyclic) bond motifs is 5. The van der Waals surface area contributed by atoms with E-state index in [4.69, 9.17) is 4.52 Å². The summed E-state index contributed by atoms with van der Waals surface area (Å²) in [4.78, 5) is 32.3. The first kappa shape index (κ1) is 28.5. The van der Waals surface area contributed by atoms with E-state index in [1.165, 1.54) is 37.7 Å². The van der Waals surface area contributed by atoms with Crippen LogP contribution < -0.4 is 0 Å². The highest BCUT2D eigenvalue weighted by Gasteiger charge is 2.65. The van der Waals surface area contributed by atoms with Gasteiger partial charge in [0.25, 0.3) is 0 Å². The monoisotopic (exact) mass is 522 g/mol. The predicted molar refractivity (Wildman–Crippen MR) is 144 cm³/mol. The molecule has 0 aromatic rings. The smallest absolute Gasteiger partial charge is 0.303 e. The predicted octanol–water partition coefficient (Wildman–Crippen LogP) is 7.86. The third kappa shape index (κ3) is 4.85. The fourth-order valence-corrected chi connectivity index (χ4v) is 10.1. The van der Waals surface area contributed by atoms with Crippen LogP contribution in [0.2, 0.25) is 0 Å². The van der Waals surface area contributed by atoms with Crippen molar-refractivity contribution in [1.82, 2.24) is 0 Å². The molecule has 0 aliphatic heterocycles. The molecule has 5 nitrogen and oxygen atoms in total. The summed E-state index contributed by atoms with van der Waals surface area (Å²) >= 11 is 0. The molecule has 3 fully saturated rings. The second kappa shape index (κ2) is 9.04. The quantitative estimate of drug-likeness (QED) is 0.347. The molecule has 0 heterocycles. The van der Waals surface area contributed by atoms with Crippen LogP contribution in [0, 0.1) is 44.8 Å². The lowest BCUT2D eigenvalue weighted by atomic mass is 9.42. The highest BCUT2D eigenvalue weighted by Crippen LogP contribution is 2.73. The van der Waals surface area contributed by atoms with Gasteiger partial charge < -0.3 is 9.79 Å². The van der Waals surface area contributed by atoms with Gasteiger partial charge in [0.1, 0.15) is 0 Å². The maximum atomic E-state index is 13.6. The van der Waals surface area contributed by atoms with Gasteiger partial charge in [0, 0.05) is 5.92 Å². The Kier molecular flexibility index (Phi) is 7.16. The number of allylic oxidation sites excluding steroid dienone is 2. The molecule has 7 atom stereocenters. The fourth-order valence-electron chi connectivity index (χ4n) is 9.47. The second-order valence-electron chi connectivity index (χ2n) is 15.4. The van der Waals surface area contributed by atoms with E-state index in [2.05, 4.69) is 55.4 Å². The van der Waals surface area contributed by atoms with Crippen LogP contribution in [-0.4, -0.2) is 21.7 Å². The summed E-state index contributed by atoms with van der Waals surface area (Å²) in [5.74, 6) is 0.957. The van der Waals surface area contributed by atoms with Crippen LogP contribution in [0.1, 0.15) is 120 Å². The summed E-state index contributed by atoms with van der Waals surface area (Å²) in [6.45, 7) is 19.2. The van der Waals surface area contributed by atoms with Crippen molar-refractivity contribution < 1.29 is 23.7 Å². The highest BCUT2D eigenvalue weighted by molar-refractivity contribution is 7.46. The van der Waals surface area contributed by atoms with Crippen molar-refractivity contribution in [2.75, 3.05) is 0 Å². The molecule has 2 N–H and O–H groups in total. The zero-order chi connectivity index (χ0) is 26.9. The van der Waals surface area contributed by atoms with E-state index >= 15 is 0 Å². The molecule has 4 rings (SSSR count). The molecule has 4 aliphatic carbocycles. The van der Waals surface area contributed by atoms with Crippen molar-refractivity contribution in [3.05, 3.63) is 11.6 Å². The number of hydrogen-bond acceptors (Lipinski definition) is 3. The van der Waals surface area contributed by atoms with Gasteiger partial charge in [-0.05, 0) is 103 Å². The molecular weight excluding hydrogens is 471 g/mol. The molecule has 36 heavy (non-hydrogen) atoms. The van der Waals surface area contributed by atoms with Gasteiger partial charge in [-0.3, -0.25) is 9.32 Å². The van der Waals surface area contributed by atoms with E-state index in [9.17, 15) is 19.1 Å². The Hall–Kier alpha value is -0.480. The minimum atomic E-state index is -4.55. The topological polar surface area (TPSA) is 83.8 Å². The molecular formula is C30H51O5P. The maximum Gasteiger partial charge on any atom is 0.469 e. The van der Waals surface area contributed by atoms with Crippen molar-refractivity contribution in [2.45, 2.75) is 126 Å². The van der Waals surface area contributed by atoms with Crippen molar-refractivity contribution in [1.29, 1.82) is 0 Å². The van der Waals surface area contributed by atoms with E-state index in [1.54, 1.807) is 0 Å². The Morgan fingerprint density at radius 3 is 2.25 bits per heavy atom. The lowest BCUT2D eigenvalue weighted by Crippen LogP contribution is -2.56. The third-order valence-corrected chi connectivity index (χ3v) is 12.2. The molecule has 0 spiro atoms. The van der Waals surface area contributed by atoms with E-state index < -0.39 is 13.9 Å². The van der Waals surface area contributed by atoms with Crippen LogP contribution >= 0.6 is 7.82 Å². The van der Waals surface area contributed by atoms with E-state index in [-0.39, 0.29) is 33.4 Å². The molecule has 0 saturated heterocycles. The van der Waals surface area contributed by atoms with Gasteiger partial charge >= 0.3 is 7.82 Å². The van der Waals surface area contributed by atoms with Crippen molar-refractivity contribution >= 4 is 13.6 Å². The van der Waals surface area contributed by atoms with Gasteiger partial charge in [0.15, 0.2) is 5.78 Å². The summed E-state index contributed by atoms with van der Waals surface area (Å²) in [7, 11) is -4.55. The number of carbonyl (C=O) groups excluding carboxylic acids is 1. The van der Waals surface area contributed by atoms with Gasteiger partial charge in [0.05, 0.1) is 6.10 Å². The van der Waals surface area contributed by atoms with E-state index in [1.807, 2.05) is 6.08 Å². The summed E-state index contributed by atoms with van der Waals surface area (Å²) < 4.78 is 16.5. The lowest BCUT2D eigenvalue weighted by molar-refractivity contribution is -0.134. The minimum absolute atomic E-state index is 0.0325. The van der Waals surface area contributed by atoms with E-state index in [0.717, 1.165) is 19.3 Å². The van der Waals surface area contributed by atoms with Gasteiger partial charge in [-0.1, -0.05) is 67.4 Å². The molecule has 0 radical (unpaired) electrons. The van der Waals surface area contributed by atoms with Crippen LogP contribution in [0.5, 0.6) is 0 Å². The maximum absolute atomic E-state index is 13.6. The molecule has 0 amide bonds. The summed E-state index contributed by atoms with van der Waals surface area (Å²) in [5.41, 5.74) is 2.10.